The van der Waals surface area contributed by atoms with Crippen molar-refractivity contribution >= 4 is 39.9 Å². The standard InChI is InChI=1S/C6H8Cl2N4OS/c1-14(13)3-2-9-6-11-4(7)10-5(8)12-6/h2-3H2,1H3,(H,9,10,11,12). The molecular weight excluding hydrogens is 247 g/mol. The minimum Gasteiger partial charge on any atom is -0.353 e. The fraction of sp³-hybridized carbons (Fsp3) is 0.500. The molecule has 0 aliphatic rings. The summed E-state index contributed by atoms with van der Waals surface area (Å²) in [4.78, 5) is 11.1. The van der Waals surface area contributed by atoms with Crippen molar-refractivity contribution in [2.75, 3.05) is 23.9 Å². The van der Waals surface area contributed by atoms with Crippen LogP contribution in [0.3, 0.4) is 0 Å². The van der Waals surface area contributed by atoms with Gasteiger partial charge in [0, 0.05) is 29.4 Å². The Labute approximate surface area is 93.7 Å². The smallest absolute Gasteiger partial charge is 0.228 e. The third-order valence-electron chi connectivity index (χ3n) is 1.25. The van der Waals surface area contributed by atoms with E-state index >= 15 is 0 Å². The zero-order chi connectivity index (χ0) is 10.6. The second kappa shape index (κ2) is 5.43. The topological polar surface area (TPSA) is 67.8 Å². The molecule has 0 spiro atoms. The minimum absolute atomic E-state index is 0.0325. The van der Waals surface area contributed by atoms with Crippen molar-refractivity contribution in [1.29, 1.82) is 0 Å². The van der Waals surface area contributed by atoms with Gasteiger partial charge in [-0.25, -0.2) is 0 Å². The van der Waals surface area contributed by atoms with Crippen LogP contribution in [0.2, 0.25) is 10.6 Å². The molecule has 0 fully saturated rings. The van der Waals surface area contributed by atoms with Crippen molar-refractivity contribution in [3.63, 3.8) is 0 Å². The van der Waals surface area contributed by atoms with E-state index in [1.807, 2.05) is 0 Å². The first kappa shape index (κ1) is 11.6. The molecule has 0 bridgehead atoms. The Morgan fingerprint density at radius 1 is 1.29 bits per heavy atom. The molecule has 1 N–H and O–H groups in total. The molecular formula is C6H8Cl2N4OS. The number of nitrogens with one attached hydrogen (secondary N) is 1. The van der Waals surface area contributed by atoms with Crippen LogP contribution < -0.4 is 5.32 Å². The van der Waals surface area contributed by atoms with E-state index in [0.717, 1.165) is 0 Å². The summed E-state index contributed by atoms with van der Waals surface area (Å²) in [7, 11) is -0.850. The van der Waals surface area contributed by atoms with Gasteiger partial charge < -0.3 is 5.32 Å². The number of halogens is 2. The number of hydrogen-bond acceptors (Lipinski definition) is 5. The van der Waals surface area contributed by atoms with Crippen LogP contribution in [-0.2, 0) is 10.8 Å². The van der Waals surface area contributed by atoms with Crippen molar-refractivity contribution in [3.8, 4) is 0 Å². The third kappa shape index (κ3) is 4.17. The van der Waals surface area contributed by atoms with Gasteiger partial charge in [-0.15, -0.1) is 0 Å². The van der Waals surface area contributed by atoms with Crippen LogP contribution in [0.1, 0.15) is 0 Å². The number of rotatable bonds is 4. The van der Waals surface area contributed by atoms with E-state index in [2.05, 4.69) is 20.3 Å². The van der Waals surface area contributed by atoms with E-state index in [0.29, 0.717) is 18.2 Å². The third-order valence-corrected chi connectivity index (χ3v) is 2.37. The van der Waals surface area contributed by atoms with E-state index in [4.69, 9.17) is 23.2 Å². The predicted octanol–water partition coefficient (Wildman–Crippen LogP) is 0.969. The average Bonchev–Trinajstić information content (AvgIpc) is 2.01. The van der Waals surface area contributed by atoms with E-state index in [-0.39, 0.29) is 10.6 Å². The first-order chi connectivity index (χ1) is 6.58. The Bertz CT molecular complexity index is 328. The average molecular weight is 255 g/mol. The highest BCUT2D eigenvalue weighted by Crippen LogP contribution is 2.08. The molecule has 1 heterocycles. The van der Waals surface area contributed by atoms with Gasteiger partial charge in [0.25, 0.3) is 0 Å². The molecule has 8 heteroatoms. The van der Waals surface area contributed by atoms with Crippen molar-refractivity contribution in [2.45, 2.75) is 0 Å². The van der Waals surface area contributed by atoms with Gasteiger partial charge in [0.15, 0.2) is 0 Å². The quantitative estimate of drug-likeness (QED) is 0.868. The molecule has 1 unspecified atom stereocenters. The lowest BCUT2D eigenvalue weighted by Gasteiger charge is -2.02. The Balaban J connectivity index is 2.54. The molecule has 1 atom stereocenters. The summed E-state index contributed by atoms with van der Waals surface area (Å²) in [6, 6.07) is 0. The number of aromatic nitrogens is 3. The van der Waals surface area contributed by atoms with Gasteiger partial charge in [-0.1, -0.05) is 0 Å². The van der Waals surface area contributed by atoms with Crippen LogP contribution >= 0.6 is 23.2 Å². The molecule has 1 aromatic rings. The zero-order valence-corrected chi connectivity index (χ0v) is 9.66. The van der Waals surface area contributed by atoms with Gasteiger partial charge in [0.2, 0.25) is 16.5 Å². The molecule has 1 aromatic heterocycles. The lowest BCUT2D eigenvalue weighted by molar-refractivity contribution is 0.687. The molecule has 0 saturated carbocycles. The van der Waals surface area contributed by atoms with Gasteiger partial charge in [-0.05, 0) is 23.2 Å². The fourth-order valence-electron chi connectivity index (χ4n) is 0.712. The van der Waals surface area contributed by atoms with Gasteiger partial charge in [-0.3, -0.25) is 4.21 Å². The van der Waals surface area contributed by atoms with Crippen LogP contribution in [-0.4, -0.2) is 37.7 Å². The Hall–Kier alpha value is -0.460. The van der Waals surface area contributed by atoms with E-state index in [1.165, 1.54) is 0 Å². The van der Waals surface area contributed by atoms with Crippen LogP contribution in [0.15, 0.2) is 0 Å². The van der Waals surface area contributed by atoms with Gasteiger partial charge >= 0.3 is 0 Å². The van der Waals surface area contributed by atoms with Crippen molar-refractivity contribution in [2.24, 2.45) is 0 Å². The number of hydrogen-bond donors (Lipinski definition) is 1. The Morgan fingerprint density at radius 2 is 1.86 bits per heavy atom. The van der Waals surface area contributed by atoms with E-state index < -0.39 is 10.8 Å². The number of anilines is 1. The number of nitrogens with zero attached hydrogens (tertiary/aromatic N) is 3. The van der Waals surface area contributed by atoms with Crippen molar-refractivity contribution in [1.82, 2.24) is 15.0 Å². The molecule has 1 rings (SSSR count). The molecule has 0 aromatic carbocycles. The molecule has 14 heavy (non-hydrogen) atoms. The summed E-state index contributed by atoms with van der Waals surface area (Å²) in [5.74, 6) is 0.807. The summed E-state index contributed by atoms with van der Waals surface area (Å²) in [5.41, 5.74) is 0. The molecule has 0 aliphatic heterocycles. The van der Waals surface area contributed by atoms with Crippen LogP contribution in [0.5, 0.6) is 0 Å². The summed E-state index contributed by atoms with van der Waals surface area (Å²) in [6.45, 7) is 0.500. The second-order valence-electron chi connectivity index (χ2n) is 2.40. The minimum atomic E-state index is -0.850. The molecule has 78 valence electrons. The molecule has 5 nitrogen and oxygen atoms in total. The zero-order valence-electron chi connectivity index (χ0n) is 7.33. The maximum atomic E-state index is 10.7. The predicted molar refractivity (Wildman–Crippen MR) is 57.3 cm³/mol. The first-order valence-corrected chi connectivity index (χ1v) is 6.17. The molecule has 0 saturated heterocycles. The highest BCUT2D eigenvalue weighted by molar-refractivity contribution is 7.84. The van der Waals surface area contributed by atoms with Gasteiger partial charge in [0.05, 0.1) is 0 Å². The summed E-state index contributed by atoms with van der Waals surface area (Å²) in [6.07, 6.45) is 1.62. The second-order valence-corrected chi connectivity index (χ2v) is 4.63. The molecule has 0 aliphatic carbocycles. The lowest BCUT2D eigenvalue weighted by atomic mass is 10.7. The highest BCUT2D eigenvalue weighted by atomic mass is 35.5. The summed E-state index contributed by atoms with van der Waals surface area (Å²) >= 11 is 11.1. The van der Waals surface area contributed by atoms with Crippen LogP contribution in [0, 0.1) is 0 Å². The molecule has 0 amide bonds. The maximum absolute atomic E-state index is 10.7. The van der Waals surface area contributed by atoms with Crippen molar-refractivity contribution in [3.05, 3.63) is 10.6 Å². The van der Waals surface area contributed by atoms with Crippen LogP contribution in [0.25, 0.3) is 0 Å². The van der Waals surface area contributed by atoms with Gasteiger partial charge in [-0.2, -0.15) is 15.0 Å². The molecule has 0 radical (unpaired) electrons. The van der Waals surface area contributed by atoms with E-state index in [9.17, 15) is 4.21 Å². The summed E-state index contributed by atoms with van der Waals surface area (Å²) in [5, 5.41) is 2.90. The first-order valence-electron chi connectivity index (χ1n) is 3.69. The Morgan fingerprint density at radius 3 is 2.36 bits per heavy atom. The fourth-order valence-corrected chi connectivity index (χ4v) is 1.46. The maximum Gasteiger partial charge on any atom is 0.228 e. The largest absolute Gasteiger partial charge is 0.353 e. The summed E-state index contributed by atoms with van der Waals surface area (Å²) < 4.78 is 10.7. The highest BCUT2D eigenvalue weighted by Gasteiger charge is 2.02. The monoisotopic (exact) mass is 254 g/mol. The Kier molecular flexibility index (Phi) is 4.50. The normalized spacial score (nSPS) is 12.5. The van der Waals surface area contributed by atoms with E-state index in [1.54, 1.807) is 6.26 Å². The SMILES string of the molecule is CS(=O)CCNc1nc(Cl)nc(Cl)n1. The van der Waals surface area contributed by atoms with Crippen molar-refractivity contribution < 1.29 is 4.21 Å². The van der Waals surface area contributed by atoms with Crippen LogP contribution in [0.4, 0.5) is 5.95 Å². The lowest BCUT2D eigenvalue weighted by Crippen LogP contribution is -2.12. The van der Waals surface area contributed by atoms with Gasteiger partial charge in [0.1, 0.15) is 0 Å².